The van der Waals surface area contributed by atoms with Gasteiger partial charge in [0.15, 0.2) is 0 Å². The lowest BCUT2D eigenvalue weighted by atomic mass is 10.2. The second kappa shape index (κ2) is 5.54. The van der Waals surface area contributed by atoms with E-state index in [2.05, 4.69) is 0 Å². The molecule has 0 amide bonds. The van der Waals surface area contributed by atoms with Gasteiger partial charge < -0.3 is 14.2 Å². The predicted molar refractivity (Wildman–Crippen MR) is 64.2 cm³/mol. The van der Waals surface area contributed by atoms with Gasteiger partial charge in [0.2, 0.25) is 0 Å². The van der Waals surface area contributed by atoms with Crippen molar-refractivity contribution < 1.29 is 14.2 Å². The van der Waals surface area contributed by atoms with Gasteiger partial charge in [-0.2, -0.15) is 0 Å². The van der Waals surface area contributed by atoms with E-state index in [4.69, 9.17) is 49.0 Å². The molecular weight excluding hydrogens is 274 g/mol. The zero-order valence-electron chi connectivity index (χ0n) is 9.01. The Morgan fingerprint density at radius 3 is 1.69 bits per heavy atom. The molecule has 1 aromatic carbocycles. The third-order valence-electron chi connectivity index (χ3n) is 2.15. The van der Waals surface area contributed by atoms with Crippen molar-refractivity contribution in [2.24, 2.45) is 0 Å². The molecule has 0 bridgehead atoms. The lowest BCUT2D eigenvalue weighted by Gasteiger charge is -2.29. The molecule has 0 atom stereocenters. The van der Waals surface area contributed by atoms with Crippen LogP contribution in [-0.4, -0.2) is 21.3 Å². The van der Waals surface area contributed by atoms with E-state index in [0.717, 1.165) is 0 Å². The molecule has 0 N–H and O–H groups in total. The highest BCUT2D eigenvalue weighted by Crippen LogP contribution is 2.37. The van der Waals surface area contributed by atoms with Gasteiger partial charge in [-0.1, -0.05) is 34.8 Å². The van der Waals surface area contributed by atoms with Gasteiger partial charge >= 0.3 is 5.97 Å². The standard InChI is InChI=1S/C10H11Cl3O3/c1-14-10(15-2,16-3)6-4-8(12)9(13)5-7(6)11/h4-5H,1-3H3. The highest BCUT2D eigenvalue weighted by molar-refractivity contribution is 6.43. The van der Waals surface area contributed by atoms with Crippen LogP contribution in [0.1, 0.15) is 5.56 Å². The molecule has 0 aliphatic carbocycles. The van der Waals surface area contributed by atoms with E-state index >= 15 is 0 Å². The van der Waals surface area contributed by atoms with Crippen molar-refractivity contribution in [2.75, 3.05) is 21.3 Å². The fourth-order valence-corrected chi connectivity index (χ4v) is 2.00. The Hall–Kier alpha value is -0.0300. The first-order valence-electron chi connectivity index (χ1n) is 4.31. The van der Waals surface area contributed by atoms with Crippen LogP contribution < -0.4 is 0 Å². The van der Waals surface area contributed by atoms with Crippen LogP contribution in [-0.2, 0) is 20.2 Å². The Balaban J connectivity index is 3.35. The monoisotopic (exact) mass is 284 g/mol. The topological polar surface area (TPSA) is 27.7 Å². The van der Waals surface area contributed by atoms with Crippen LogP contribution in [0.15, 0.2) is 12.1 Å². The van der Waals surface area contributed by atoms with Crippen molar-refractivity contribution in [3.05, 3.63) is 32.8 Å². The molecule has 0 aliphatic heterocycles. The average Bonchev–Trinajstić information content (AvgIpc) is 2.28. The van der Waals surface area contributed by atoms with E-state index in [1.165, 1.54) is 27.4 Å². The molecule has 0 saturated heterocycles. The van der Waals surface area contributed by atoms with Crippen molar-refractivity contribution in [1.29, 1.82) is 0 Å². The number of methoxy groups -OCH3 is 3. The maximum Gasteiger partial charge on any atom is 0.312 e. The summed E-state index contributed by atoms with van der Waals surface area (Å²) in [7, 11) is 4.31. The Labute approximate surface area is 109 Å². The SMILES string of the molecule is COC(OC)(OC)c1cc(Cl)c(Cl)cc1Cl. The van der Waals surface area contributed by atoms with Crippen LogP contribution in [0.4, 0.5) is 0 Å². The van der Waals surface area contributed by atoms with Gasteiger partial charge in [0.1, 0.15) is 0 Å². The molecular formula is C10H11Cl3O3. The van der Waals surface area contributed by atoms with Crippen LogP contribution in [0.25, 0.3) is 0 Å². The van der Waals surface area contributed by atoms with Crippen LogP contribution in [0.2, 0.25) is 15.1 Å². The van der Waals surface area contributed by atoms with E-state index in [0.29, 0.717) is 20.6 Å². The maximum absolute atomic E-state index is 6.04. The third-order valence-corrected chi connectivity index (χ3v) is 3.18. The summed E-state index contributed by atoms with van der Waals surface area (Å²) in [6.07, 6.45) is 0. The summed E-state index contributed by atoms with van der Waals surface area (Å²) in [6.45, 7) is 0. The lowest BCUT2D eigenvalue weighted by molar-refractivity contribution is -0.364. The Morgan fingerprint density at radius 2 is 1.25 bits per heavy atom. The molecule has 1 rings (SSSR count). The van der Waals surface area contributed by atoms with Crippen molar-refractivity contribution in [2.45, 2.75) is 5.97 Å². The fraction of sp³-hybridized carbons (Fsp3) is 0.400. The number of ether oxygens (including phenoxy) is 3. The van der Waals surface area contributed by atoms with E-state index < -0.39 is 5.97 Å². The minimum Gasteiger partial charge on any atom is -0.327 e. The Kier molecular flexibility index (Phi) is 4.86. The summed E-state index contributed by atoms with van der Waals surface area (Å²) < 4.78 is 15.5. The van der Waals surface area contributed by atoms with Crippen LogP contribution in [0, 0.1) is 0 Å². The molecule has 90 valence electrons. The maximum atomic E-state index is 6.04. The Morgan fingerprint density at radius 1 is 0.812 bits per heavy atom. The number of hydrogen-bond acceptors (Lipinski definition) is 3. The minimum absolute atomic E-state index is 0.344. The smallest absolute Gasteiger partial charge is 0.312 e. The van der Waals surface area contributed by atoms with Crippen molar-refractivity contribution >= 4 is 34.8 Å². The molecule has 0 radical (unpaired) electrons. The van der Waals surface area contributed by atoms with Crippen LogP contribution >= 0.6 is 34.8 Å². The second-order valence-corrected chi connectivity index (χ2v) is 4.14. The largest absolute Gasteiger partial charge is 0.327 e. The van der Waals surface area contributed by atoms with Gasteiger partial charge in [-0.05, 0) is 12.1 Å². The highest BCUT2D eigenvalue weighted by atomic mass is 35.5. The van der Waals surface area contributed by atoms with E-state index in [1.807, 2.05) is 0 Å². The summed E-state index contributed by atoms with van der Waals surface area (Å²) in [5.74, 6) is -1.38. The van der Waals surface area contributed by atoms with Crippen LogP contribution in [0.3, 0.4) is 0 Å². The lowest BCUT2D eigenvalue weighted by Crippen LogP contribution is -2.33. The first kappa shape index (κ1) is 14.0. The normalized spacial score (nSPS) is 11.9. The molecule has 6 heteroatoms. The first-order valence-corrected chi connectivity index (χ1v) is 5.44. The van der Waals surface area contributed by atoms with Crippen LogP contribution in [0.5, 0.6) is 0 Å². The first-order chi connectivity index (χ1) is 7.50. The van der Waals surface area contributed by atoms with E-state index in [9.17, 15) is 0 Å². The zero-order valence-corrected chi connectivity index (χ0v) is 11.3. The molecule has 1 aromatic rings. The predicted octanol–water partition coefficient (Wildman–Crippen LogP) is 3.70. The quantitative estimate of drug-likeness (QED) is 0.624. The molecule has 0 saturated carbocycles. The molecule has 0 aromatic heterocycles. The van der Waals surface area contributed by atoms with Gasteiger partial charge in [0.25, 0.3) is 0 Å². The molecule has 0 aliphatic rings. The molecule has 3 nitrogen and oxygen atoms in total. The fourth-order valence-electron chi connectivity index (χ4n) is 1.34. The molecule has 0 unspecified atom stereocenters. The second-order valence-electron chi connectivity index (χ2n) is 2.91. The number of hydrogen-bond donors (Lipinski definition) is 0. The molecule has 0 spiro atoms. The van der Waals surface area contributed by atoms with Crippen molar-refractivity contribution in [3.63, 3.8) is 0 Å². The van der Waals surface area contributed by atoms with E-state index in [-0.39, 0.29) is 0 Å². The average molecular weight is 286 g/mol. The summed E-state index contributed by atoms with van der Waals surface area (Å²) in [5, 5.41) is 1.05. The summed E-state index contributed by atoms with van der Waals surface area (Å²) in [5.41, 5.74) is 0.455. The number of benzene rings is 1. The van der Waals surface area contributed by atoms with Gasteiger partial charge in [-0.25, -0.2) is 0 Å². The number of halogens is 3. The number of rotatable bonds is 4. The van der Waals surface area contributed by atoms with Gasteiger partial charge in [-0.3, -0.25) is 0 Å². The summed E-state index contributed by atoms with van der Waals surface area (Å²) in [4.78, 5) is 0. The zero-order chi connectivity index (χ0) is 12.3. The van der Waals surface area contributed by atoms with Gasteiger partial charge in [0, 0.05) is 21.3 Å². The van der Waals surface area contributed by atoms with Crippen molar-refractivity contribution in [3.8, 4) is 0 Å². The Bertz CT molecular complexity index is 370. The minimum atomic E-state index is -1.38. The third kappa shape index (κ3) is 2.45. The van der Waals surface area contributed by atoms with Crippen molar-refractivity contribution in [1.82, 2.24) is 0 Å². The summed E-state index contributed by atoms with van der Waals surface area (Å²) in [6, 6.07) is 3.05. The molecule has 16 heavy (non-hydrogen) atoms. The highest BCUT2D eigenvalue weighted by Gasteiger charge is 2.35. The van der Waals surface area contributed by atoms with Gasteiger partial charge in [0.05, 0.1) is 20.6 Å². The van der Waals surface area contributed by atoms with E-state index in [1.54, 1.807) is 6.07 Å². The summed E-state index contributed by atoms with van der Waals surface area (Å²) >= 11 is 17.8. The molecule has 0 heterocycles. The molecule has 0 fully saturated rings. The van der Waals surface area contributed by atoms with Gasteiger partial charge in [-0.15, -0.1) is 0 Å².